The molecule has 1 unspecified atom stereocenters. The van der Waals surface area contributed by atoms with Crippen LogP contribution in [0.2, 0.25) is 0 Å². The number of hydrogen-bond acceptors (Lipinski definition) is 5. The lowest BCUT2D eigenvalue weighted by atomic mass is 10.00. The first-order valence-electron chi connectivity index (χ1n) is 8.87. The van der Waals surface area contributed by atoms with Crippen molar-refractivity contribution in [2.75, 3.05) is 39.4 Å². The van der Waals surface area contributed by atoms with Gasteiger partial charge in [0.05, 0.1) is 18.8 Å². The predicted octanol–water partition coefficient (Wildman–Crippen LogP) is 1.57. The van der Waals surface area contributed by atoms with Crippen LogP contribution < -0.4 is 10.1 Å². The number of aliphatic hydroxyl groups is 1. The van der Waals surface area contributed by atoms with Crippen molar-refractivity contribution in [3.8, 4) is 5.75 Å². The lowest BCUT2D eigenvalue weighted by Crippen LogP contribution is -2.50. The van der Waals surface area contributed by atoms with Gasteiger partial charge in [0.2, 0.25) is 0 Å². The van der Waals surface area contributed by atoms with Crippen LogP contribution in [0.4, 0.5) is 0 Å². The summed E-state index contributed by atoms with van der Waals surface area (Å²) in [7, 11) is 0. The van der Waals surface area contributed by atoms with Crippen molar-refractivity contribution in [3.63, 3.8) is 0 Å². The Labute approximate surface area is 144 Å². The van der Waals surface area contributed by atoms with Crippen molar-refractivity contribution in [2.45, 2.75) is 44.9 Å². The molecule has 2 aliphatic rings. The molecular formula is C19H30N2O3. The largest absolute Gasteiger partial charge is 0.487 e. The molecule has 2 heterocycles. The van der Waals surface area contributed by atoms with Crippen LogP contribution in [0.1, 0.15) is 31.9 Å². The first-order valence-corrected chi connectivity index (χ1v) is 8.87. The second-order valence-electron chi connectivity index (χ2n) is 7.97. The van der Waals surface area contributed by atoms with Crippen LogP contribution in [0.3, 0.4) is 0 Å². The maximum Gasteiger partial charge on any atom is 0.123 e. The number of fused-ring (bicyclic) bond motifs is 1. The summed E-state index contributed by atoms with van der Waals surface area (Å²) in [5.41, 5.74) is 1.67. The minimum atomic E-state index is -0.737. The fraction of sp³-hybridized carbons (Fsp3) is 0.684. The van der Waals surface area contributed by atoms with E-state index in [1.807, 2.05) is 6.92 Å². The molecule has 0 aromatic heterocycles. The monoisotopic (exact) mass is 334 g/mol. The van der Waals surface area contributed by atoms with Gasteiger partial charge >= 0.3 is 0 Å². The van der Waals surface area contributed by atoms with Crippen molar-refractivity contribution in [1.82, 2.24) is 10.2 Å². The number of benzene rings is 1. The summed E-state index contributed by atoms with van der Waals surface area (Å²) >= 11 is 0. The Morgan fingerprint density at radius 2 is 2.04 bits per heavy atom. The summed E-state index contributed by atoms with van der Waals surface area (Å²) in [6.45, 7) is 11.5. The van der Waals surface area contributed by atoms with Crippen molar-refractivity contribution in [1.29, 1.82) is 0 Å². The fourth-order valence-corrected chi connectivity index (χ4v) is 3.55. The standard InChI is InChI=1S/C19H30N2O3/c1-18(2)11-16-10-15(4-5-17(16)24-18)12-20-13-19(3,22)14-21-6-8-23-9-7-21/h4-5,10,20,22H,6-9,11-14H2,1-3H3. The van der Waals surface area contributed by atoms with Gasteiger partial charge in [-0.15, -0.1) is 0 Å². The highest BCUT2D eigenvalue weighted by atomic mass is 16.5. The molecule has 0 saturated carbocycles. The van der Waals surface area contributed by atoms with E-state index in [1.165, 1.54) is 11.1 Å². The van der Waals surface area contributed by atoms with Crippen molar-refractivity contribution in [3.05, 3.63) is 29.3 Å². The average molecular weight is 334 g/mol. The van der Waals surface area contributed by atoms with E-state index >= 15 is 0 Å². The molecule has 0 radical (unpaired) electrons. The summed E-state index contributed by atoms with van der Waals surface area (Å²) in [5.74, 6) is 1.00. The molecule has 5 heteroatoms. The molecule has 1 atom stereocenters. The zero-order chi connectivity index (χ0) is 17.2. The Morgan fingerprint density at radius 3 is 2.79 bits per heavy atom. The molecule has 0 spiro atoms. The minimum Gasteiger partial charge on any atom is -0.487 e. The molecule has 0 aliphatic carbocycles. The van der Waals surface area contributed by atoms with Gasteiger partial charge in [-0.25, -0.2) is 0 Å². The molecule has 5 nitrogen and oxygen atoms in total. The smallest absolute Gasteiger partial charge is 0.123 e. The molecule has 134 valence electrons. The number of rotatable bonds is 6. The van der Waals surface area contributed by atoms with E-state index in [1.54, 1.807) is 0 Å². The third kappa shape index (κ3) is 4.70. The summed E-state index contributed by atoms with van der Waals surface area (Å²) in [6, 6.07) is 6.38. The van der Waals surface area contributed by atoms with Gasteiger partial charge in [-0.05, 0) is 38.0 Å². The Balaban J connectivity index is 1.48. The van der Waals surface area contributed by atoms with Crippen LogP contribution in [0.15, 0.2) is 18.2 Å². The zero-order valence-electron chi connectivity index (χ0n) is 15.1. The molecule has 1 aromatic carbocycles. The van der Waals surface area contributed by atoms with Gasteiger partial charge in [0.15, 0.2) is 0 Å². The third-order valence-electron chi connectivity index (χ3n) is 4.63. The summed E-state index contributed by atoms with van der Waals surface area (Å²) in [4.78, 5) is 2.26. The van der Waals surface area contributed by atoms with Crippen LogP contribution in [0.5, 0.6) is 5.75 Å². The first-order chi connectivity index (χ1) is 11.3. The molecule has 3 rings (SSSR count). The highest BCUT2D eigenvalue weighted by Gasteiger charge is 2.30. The van der Waals surface area contributed by atoms with Crippen molar-refractivity contribution in [2.24, 2.45) is 0 Å². The van der Waals surface area contributed by atoms with E-state index in [0.29, 0.717) is 13.1 Å². The normalized spacial score (nSPS) is 22.7. The van der Waals surface area contributed by atoms with Crippen LogP contribution in [-0.4, -0.2) is 60.6 Å². The highest BCUT2D eigenvalue weighted by molar-refractivity contribution is 5.41. The van der Waals surface area contributed by atoms with E-state index in [2.05, 4.69) is 42.3 Å². The predicted molar refractivity (Wildman–Crippen MR) is 94.4 cm³/mol. The Bertz CT molecular complexity index is 566. The molecular weight excluding hydrogens is 304 g/mol. The summed E-state index contributed by atoms with van der Waals surface area (Å²) in [6.07, 6.45) is 0.949. The van der Waals surface area contributed by atoms with Gasteiger partial charge in [-0.2, -0.15) is 0 Å². The molecule has 0 amide bonds. The van der Waals surface area contributed by atoms with Crippen molar-refractivity contribution < 1.29 is 14.6 Å². The van der Waals surface area contributed by atoms with E-state index in [9.17, 15) is 5.11 Å². The van der Waals surface area contributed by atoms with Gasteiger partial charge in [-0.3, -0.25) is 4.90 Å². The van der Waals surface area contributed by atoms with Gasteiger partial charge in [0.1, 0.15) is 11.4 Å². The zero-order valence-corrected chi connectivity index (χ0v) is 15.1. The Morgan fingerprint density at radius 1 is 1.29 bits per heavy atom. The average Bonchev–Trinajstić information content (AvgIpc) is 2.80. The van der Waals surface area contributed by atoms with Gasteiger partial charge in [0, 0.05) is 39.1 Å². The van der Waals surface area contributed by atoms with Crippen LogP contribution in [-0.2, 0) is 17.7 Å². The van der Waals surface area contributed by atoms with E-state index in [-0.39, 0.29) is 5.60 Å². The van der Waals surface area contributed by atoms with Crippen LogP contribution >= 0.6 is 0 Å². The molecule has 24 heavy (non-hydrogen) atoms. The number of nitrogens with one attached hydrogen (secondary N) is 1. The first kappa shape index (κ1) is 17.7. The maximum absolute atomic E-state index is 10.6. The number of ether oxygens (including phenoxy) is 2. The number of hydrogen-bond donors (Lipinski definition) is 2. The minimum absolute atomic E-state index is 0.101. The van der Waals surface area contributed by atoms with E-state index in [4.69, 9.17) is 9.47 Å². The number of morpholine rings is 1. The quantitative estimate of drug-likeness (QED) is 0.827. The number of nitrogens with zero attached hydrogens (tertiary/aromatic N) is 1. The molecule has 2 N–H and O–H groups in total. The summed E-state index contributed by atoms with van der Waals surface area (Å²) < 4.78 is 11.3. The third-order valence-corrected chi connectivity index (χ3v) is 4.63. The van der Waals surface area contributed by atoms with Gasteiger partial charge < -0.3 is 19.9 Å². The maximum atomic E-state index is 10.6. The molecule has 1 aromatic rings. The van der Waals surface area contributed by atoms with Crippen LogP contribution in [0, 0.1) is 0 Å². The lowest BCUT2D eigenvalue weighted by Gasteiger charge is -2.34. The number of β-amino-alcohol motifs (C(OH)–C–C–N with tert-alkyl or cyclic N) is 1. The topological polar surface area (TPSA) is 54.0 Å². The Hall–Kier alpha value is -1.14. The second-order valence-corrected chi connectivity index (χ2v) is 7.97. The molecule has 2 aliphatic heterocycles. The molecule has 1 saturated heterocycles. The summed E-state index contributed by atoms with van der Waals surface area (Å²) in [5, 5.41) is 14.0. The lowest BCUT2D eigenvalue weighted by molar-refractivity contribution is -0.0219. The SMILES string of the molecule is CC(O)(CNCc1ccc2c(c1)CC(C)(C)O2)CN1CCOCC1. The van der Waals surface area contributed by atoms with E-state index in [0.717, 1.165) is 45.0 Å². The van der Waals surface area contributed by atoms with Gasteiger partial charge in [0.25, 0.3) is 0 Å². The fourth-order valence-electron chi connectivity index (χ4n) is 3.55. The van der Waals surface area contributed by atoms with Crippen molar-refractivity contribution >= 4 is 0 Å². The highest BCUT2D eigenvalue weighted by Crippen LogP contribution is 2.35. The van der Waals surface area contributed by atoms with E-state index < -0.39 is 5.60 Å². The van der Waals surface area contributed by atoms with Crippen LogP contribution in [0.25, 0.3) is 0 Å². The van der Waals surface area contributed by atoms with Gasteiger partial charge in [-0.1, -0.05) is 12.1 Å². The molecule has 1 fully saturated rings. The second kappa shape index (κ2) is 7.00. The Kier molecular flexibility index (Phi) is 5.16. The molecule has 0 bridgehead atoms.